The first-order valence-electron chi connectivity index (χ1n) is 6.85. The molecular weight excluding hydrogens is 230 g/mol. The van der Waals surface area contributed by atoms with Crippen molar-refractivity contribution in [3.05, 3.63) is 10.0 Å². The van der Waals surface area contributed by atoms with Crippen LogP contribution in [0.4, 0.5) is 0 Å². The fourth-order valence-electron chi connectivity index (χ4n) is 2.43. The maximum Gasteiger partial charge on any atom is 0.134 e. The molecule has 0 spiro atoms. The van der Waals surface area contributed by atoms with Gasteiger partial charge < -0.3 is 5.32 Å². The van der Waals surface area contributed by atoms with Gasteiger partial charge in [-0.25, -0.2) is 0 Å². The Morgan fingerprint density at radius 3 is 2.82 bits per heavy atom. The fraction of sp³-hybridized carbons (Fsp3) is 0.846. The van der Waals surface area contributed by atoms with Crippen molar-refractivity contribution in [1.82, 2.24) is 15.5 Å². The zero-order valence-corrected chi connectivity index (χ0v) is 11.7. The van der Waals surface area contributed by atoms with Crippen molar-refractivity contribution in [1.29, 1.82) is 0 Å². The van der Waals surface area contributed by atoms with E-state index in [1.807, 2.05) is 0 Å². The number of nitrogens with one attached hydrogen (secondary N) is 1. The van der Waals surface area contributed by atoms with Gasteiger partial charge in [-0.3, -0.25) is 0 Å². The molecule has 0 amide bonds. The normalized spacial score (nSPS) is 18.7. The summed E-state index contributed by atoms with van der Waals surface area (Å²) in [5, 5.41) is 14.5. The molecule has 1 fully saturated rings. The Balaban J connectivity index is 1.86. The molecule has 0 aromatic carbocycles. The van der Waals surface area contributed by atoms with Crippen LogP contribution in [0.3, 0.4) is 0 Å². The van der Waals surface area contributed by atoms with Crippen molar-refractivity contribution in [2.75, 3.05) is 6.54 Å². The van der Waals surface area contributed by atoms with Gasteiger partial charge in [-0.1, -0.05) is 43.9 Å². The summed E-state index contributed by atoms with van der Waals surface area (Å²) in [6.45, 7) is 5.42. The zero-order valence-electron chi connectivity index (χ0n) is 10.9. The van der Waals surface area contributed by atoms with E-state index in [0.717, 1.165) is 30.3 Å². The van der Waals surface area contributed by atoms with Gasteiger partial charge in [0, 0.05) is 6.42 Å². The Kier molecular flexibility index (Phi) is 4.92. The molecule has 1 aliphatic rings. The van der Waals surface area contributed by atoms with Crippen molar-refractivity contribution in [2.24, 2.45) is 5.92 Å². The lowest BCUT2D eigenvalue weighted by Gasteiger charge is -2.08. The molecule has 1 unspecified atom stereocenters. The Morgan fingerprint density at radius 2 is 2.12 bits per heavy atom. The molecule has 1 heterocycles. The predicted molar refractivity (Wildman–Crippen MR) is 72.3 cm³/mol. The molecule has 1 saturated carbocycles. The first-order chi connectivity index (χ1) is 8.29. The van der Waals surface area contributed by atoms with Crippen molar-refractivity contribution < 1.29 is 0 Å². The third-order valence-corrected chi connectivity index (χ3v) is 4.62. The quantitative estimate of drug-likeness (QED) is 0.845. The van der Waals surface area contributed by atoms with Crippen LogP contribution in [0.25, 0.3) is 0 Å². The van der Waals surface area contributed by atoms with Crippen LogP contribution in [-0.4, -0.2) is 16.7 Å². The Bertz CT molecular complexity index is 331. The Morgan fingerprint density at radius 1 is 1.35 bits per heavy atom. The summed E-state index contributed by atoms with van der Waals surface area (Å²) in [5.74, 6) is 0.870. The average Bonchev–Trinajstić information content (AvgIpc) is 2.98. The van der Waals surface area contributed by atoms with Gasteiger partial charge in [-0.15, -0.1) is 10.2 Å². The second-order valence-electron chi connectivity index (χ2n) is 5.06. The van der Waals surface area contributed by atoms with Gasteiger partial charge >= 0.3 is 0 Å². The number of hydrogen-bond acceptors (Lipinski definition) is 4. The molecule has 17 heavy (non-hydrogen) atoms. The molecule has 1 N–H and O–H groups in total. The first-order valence-corrected chi connectivity index (χ1v) is 7.67. The van der Waals surface area contributed by atoms with Gasteiger partial charge in [0.25, 0.3) is 0 Å². The zero-order chi connectivity index (χ0) is 12.1. The topological polar surface area (TPSA) is 37.8 Å². The van der Waals surface area contributed by atoms with E-state index in [2.05, 4.69) is 29.4 Å². The minimum Gasteiger partial charge on any atom is -0.308 e. The predicted octanol–water partition coefficient (Wildman–Crippen LogP) is 3.33. The van der Waals surface area contributed by atoms with Crippen LogP contribution in [0.2, 0.25) is 0 Å². The lowest BCUT2D eigenvalue weighted by Crippen LogP contribution is -2.19. The van der Waals surface area contributed by atoms with Gasteiger partial charge in [-0.05, 0) is 25.8 Å². The highest BCUT2D eigenvalue weighted by Crippen LogP contribution is 2.29. The van der Waals surface area contributed by atoms with Crippen LogP contribution < -0.4 is 5.32 Å². The Hall–Kier alpha value is -0.480. The maximum atomic E-state index is 4.34. The number of aromatic nitrogens is 2. The van der Waals surface area contributed by atoms with Crippen LogP contribution in [0.5, 0.6) is 0 Å². The van der Waals surface area contributed by atoms with Crippen LogP contribution in [0, 0.1) is 5.92 Å². The summed E-state index contributed by atoms with van der Waals surface area (Å²) in [6.07, 6.45) is 7.91. The molecule has 0 bridgehead atoms. The van der Waals surface area contributed by atoms with Gasteiger partial charge in [0.15, 0.2) is 0 Å². The summed E-state index contributed by atoms with van der Waals surface area (Å²) in [5.41, 5.74) is 0. The first kappa shape index (κ1) is 13.0. The van der Waals surface area contributed by atoms with E-state index in [1.54, 1.807) is 11.3 Å². The van der Waals surface area contributed by atoms with E-state index in [1.165, 1.54) is 30.7 Å². The molecule has 4 heteroatoms. The van der Waals surface area contributed by atoms with Crippen LogP contribution in [0.15, 0.2) is 0 Å². The smallest absolute Gasteiger partial charge is 0.134 e. The van der Waals surface area contributed by atoms with E-state index in [4.69, 9.17) is 0 Å². The maximum absolute atomic E-state index is 4.34. The highest BCUT2D eigenvalue weighted by molar-refractivity contribution is 7.11. The summed E-state index contributed by atoms with van der Waals surface area (Å²) in [4.78, 5) is 0. The largest absolute Gasteiger partial charge is 0.308 e. The molecule has 1 atom stereocenters. The number of nitrogens with zero attached hydrogens (tertiary/aromatic N) is 2. The lowest BCUT2D eigenvalue weighted by molar-refractivity contribution is 0.541. The lowest BCUT2D eigenvalue weighted by atomic mass is 10.1. The number of hydrogen-bond donors (Lipinski definition) is 1. The summed E-state index contributed by atoms with van der Waals surface area (Å²) in [6, 6.07) is 0.352. The van der Waals surface area contributed by atoms with E-state index in [9.17, 15) is 0 Å². The van der Waals surface area contributed by atoms with Crippen LogP contribution in [0.1, 0.15) is 62.0 Å². The molecular formula is C13H23N3S. The van der Waals surface area contributed by atoms with E-state index < -0.39 is 0 Å². The molecule has 0 radical (unpaired) electrons. The molecule has 0 saturated heterocycles. The molecule has 1 aliphatic carbocycles. The second kappa shape index (κ2) is 6.45. The van der Waals surface area contributed by atoms with E-state index >= 15 is 0 Å². The highest BCUT2D eigenvalue weighted by Gasteiger charge is 2.18. The van der Waals surface area contributed by atoms with Gasteiger partial charge in [-0.2, -0.15) is 0 Å². The highest BCUT2D eigenvalue weighted by atomic mass is 32.1. The molecule has 2 rings (SSSR count). The van der Waals surface area contributed by atoms with E-state index in [-0.39, 0.29) is 0 Å². The van der Waals surface area contributed by atoms with Crippen molar-refractivity contribution in [2.45, 2.75) is 58.4 Å². The molecule has 1 aromatic rings. The molecule has 1 aromatic heterocycles. The summed E-state index contributed by atoms with van der Waals surface area (Å²) < 4.78 is 0. The third kappa shape index (κ3) is 3.75. The SMILES string of the molecule is CCCNC(C)c1nnc(CC2CCCC2)s1. The Labute approximate surface area is 108 Å². The monoisotopic (exact) mass is 253 g/mol. The van der Waals surface area contributed by atoms with E-state index in [0.29, 0.717) is 6.04 Å². The van der Waals surface area contributed by atoms with Crippen molar-refractivity contribution in [3.63, 3.8) is 0 Å². The van der Waals surface area contributed by atoms with Crippen LogP contribution >= 0.6 is 11.3 Å². The molecule has 0 aliphatic heterocycles. The average molecular weight is 253 g/mol. The molecule has 3 nitrogen and oxygen atoms in total. The van der Waals surface area contributed by atoms with Gasteiger partial charge in [0.1, 0.15) is 10.0 Å². The summed E-state index contributed by atoms with van der Waals surface area (Å²) >= 11 is 1.79. The fourth-order valence-corrected chi connectivity index (χ4v) is 3.42. The minimum atomic E-state index is 0.352. The molecule has 96 valence electrons. The van der Waals surface area contributed by atoms with Crippen molar-refractivity contribution >= 4 is 11.3 Å². The van der Waals surface area contributed by atoms with Gasteiger partial charge in [0.2, 0.25) is 0 Å². The number of rotatable bonds is 6. The summed E-state index contributed by atoms with van der Waals surface area (Å²) in [7, 11) is 0. The van der Waals surface area contributed by atoms with Crippen LogP contribution in [-0.2, 0) is 6.42 Å². The minimum absolute atomic E-state index is 0.352. The second-order valence-corrected chi connectivity index (χ2v) is 6.16. The third-order valence-electron chi connectivity index (χ3n) is 3.49. The standard InChI is InChI=1S/C13H23N3S/c1-3-8-14-10(2)13-16-15-12(17-13)9-11-6-4-5-7-11/h10-11,14H,3-9H2,1-2H3. The van der Waals surface area contributed by atoms with Crippen molar-refractivity contribution in [3.8, 4) is 0 Å². The van der Waals surface area contributed by atoms with Gasteiger partial charge in [0.05, 0.1) is 6.04 Å².